The van der Waals surface area contributed by atoms with E-state index in [1.807, 2.05) is 0 Å². The molecule has 0 saturated carbocycles. The van der Waals surface area contributed by atoms with Crippen molar-refractivity contribution < 1.29 is 13.9 Å². The first-order chi connectivity index (χ1) is 8.97. The van der Waals surface area contributed by atoms with Crippen LogP contribution in [-0.2, 0) is 0 Å². The predicted octanol–water partition coefficient (Wildman–Crippen LogP) is 2.61. The van der Waals surface area contributed by atoms with Crippen molar-refractivity contribution in [1.29, 1.82) is 0 Å². The van der Waals surface area contributed by atoms with E-state index in [1.165, 1.54) is 24.3 Å². The van der Waals surface area contributed by atoms with Gasteiger partial charge in [0.15, 0.2) is 0 Å². The average molecular weight is 260 g/mol. The van der Waals surface area contributed by atoms with Gasteiger partial charge in [0.1, 0.15) is 17.3 Å². The molecule has 0 aliphatic rings. The van der Waals surface area contributed by atoms with E-state index in [4.69, 9.17) is 16.2 Å². The summed E-state index contributed by atoms with van der Waals surface area (Å²) >= 11 is 0. The summed E-state index contributed by atoms with van der Waals surface area (Å²) in [4.78, 5) is 11.3. The van der Waals surface area contributed by atoms with Crippen LogP contribution in [-0.4, -0.2) is 5.91 Å². The van der Waals surface area contributed by atoms with E-state index in [0.29, 0.717) is 11.4 Å². The van der Waals surface area contributed by atoms with Gasteiger partial charge in [-0.3, -0.25) is 4.79 Å². The molecular weight excluding hydrogens is 247 g/mol. The van der Waals surface area contributed by atoms with Crippen molar-refractivity contribution in [2.45, 2.75) is 6.92 Å². The SMILES string of the molecule is Cc1ccc(F)cc1Oc1ccc(N)cc1C(N)=O. The van der Waals surface area contributed by atoms with Gasteiger partial charge in [0.05, 0.1) is 5.56 Å². The Balaban J connectivity index is 2.43. The summed E-state index contributed by atoms with van der Waals surface area (Å²) in [5, 5.41) is 0. The van der Waals surface area contributed by atoms with Crippen LogP contribution in [0.15, 0.2) is 36.4 Å². The summed E-state index contributed by atoms with van der Waals surface area (Å²) in [7, 11) is 0. The van der Waals surface area contributed by atoms with Crippen LogP contribution in [0.2, 0.25) is 0 Å². The highest BCUT2D eigenvalue weighted by Gasteiger charge is 2.12. The molecule has 0 heterocycles. The van der Waals surface area contributed by atoms with Gasteiger partial charge in [-0.2, -0.15) is 0 Å². The maximum Gasteiger partial charge on any atom is 0.252 e. The molecule has 2 rings (SSSR count). The summed E-state index contributed by atoms with van der Waals surface area (Å²) in [6.07, 6.45) is 0. The number of aryl methyl sites for hydroxylation is 1. The first-order valence-electron chi connectivity index (χ1n) is 5.60. The van der Waals surface area contributed by atoms with E-state index in [2.05, 4.69) is 0 Å². The van der Waals surface area contributed by atoms with E-state index in [1.54, 1.807) is 19.1 Å². The fourth-order valence-electron chi connectivity index (χ4n) is 1.63. The summed E-state index contributed by atoms with van der Waals surface area (Å²) in [6.45, 7) is 1.77. The lowest BCUT2D eigenvalue weighted by Gasteiger charge is -2.12. The van der Waals surface area contributed by atoms with Crippen molar-refractivity contribution >= 4 is 11.6 Å². The molecule has 0 saturated heterocycles. The summed E-state index contributed by atoms with van der Waals surface area (Å²) in [5.74, 6) is -0.504. The molecule has 0 spiro atoms. The largest absolute Gasteiger partial charge is 0.456 e. The van der Waals surface area contributed by atoms with Gasteiger partial charge in [0.25, 0.3) is 5.91 Å². The molecule has 1 amide bonds. The minimum Gasteiger partial charge on any atom is -0.456 e. The number of nitrogens with two attached hydrogens (primary N) is 2. The highest BCUT2D eigenvalue weighted by molar-refractivity contribution is 5.96. The number of primary amides is 1. The quantitative estimate of drug-likeness (QED) is 0.832. The number of carbonyl (C=O) groups excluding carboxylic acids is 1. The third kappa shape index (κ3) is 2.82. The van der Waals surface area contributed by atoms with E-state index in [-0.39, 0.29) is 11.3 Å². The monoisotopic (exact) mass is 260 g/mol. The number of ether oxygens (including phenoxy) is 1. The van der Waals surface area contributed by atoms with Crippen molar-refractivity contribution in [2.75, 3.05) is 5.73 Å². The molecule has 0 unspecified atom stereocenters. The summed E-state index contributed by atoms with van der Waals surface area (Å²) in [6, 6.07) is 8.70. The molecule has 2 aromatic carbocycles. The molecule has 19 heavy (non-hydrogen) atoms. The lowest BCUT2D eigenvalue weighted by atomic mass is 10.1. The Morgan fingerprint density at radius 3 is 2.58 bits per heavy atom. The molecule has 0 atom stereocenters. The molecule has 5 heteroatoms. The number of carbonyl (C=O) groups is 1. The van der Waals surface area contributed by atoms with Gasteiger partial charge in [-0.1, -0.05) is 6.07 Å². The van der Waals surface area contributed by atoms with Crippen molar-refractivity contribution in [2.24, 2.45) is 5.73 Å². The number of nitrogen functional groups attached to an aromatic ring is 1. The van der Waals surface area contributed by atoms with E-state index in [0.717, 1.165) is 5.56 Å². The molecule has 4 nitrogen and oxygen atoms in total. The van der Waals surface area contributed by atoms with E-state index >= 15 is 0 Å². The molecule has 0 aliphatic heterocycles. The van der Waals surface area contributed by atoms with Gasteiger partial charge in [0, 0.05) is 11.8 Å². The Hall–Kier alpha value is -2.56. The molecule has 98 valence electrons. The number of amides is 1. The molecular formula is C14H13FN2O2. The Morgan fingerprint density at radius 2 is 1.89 bits per heavy atom. The standard InChI is InChI=1S/C14H13FN2O2/c1-8-2-3-9(15)6-13(8)19-12-5-4-10(16)7-11(12)14(17)18/h2-7H,16H2,1H3,(H2,17,18). The minimum absolute atomic E-state index is 0.156. The summed E-state index contributed by atoms with van der Waals surface area (Å²) < 4.78 is 18.7. The van der Waals surface area contributed by atoms with Crippen LogP contribution in [0.5, 0.6) is 11.5 Å². The van der Waals surface area contributed by atoms with Gasteiger partial charge in [-0.15, -0.1) is 0 Å². The fourth-order valence-corrected chi connectivity index (χ4v) is 1.63. The van der Waals surface area contributed by atoms with Crippen LogP contribution < -0.4 is 16.2 Å². The molecule has 0 aromatic heterocycles. The number of hydrogen-bond donors (Lipinski definition) is 2. The third-order valence-corrected chi connectivity index (χ3v) is 2.64. The van der Waals surface area contributed by atoms with Crippen molar-refractivity contribution in [3.05, 3.63) is 53.3 Å². The molecule has 0 radical (unpaired) electrons. The lowest BCUT2D eigenvalue weighted by molar-refractivity contribution is 0.0998. The van der Waals surface area contributed by atoms with Gasteiger partial charge in [-0.05, 0) is 36.8 Å². The predicted molar refractivity (Wildman–Crippen MR) is 70.6 cm³/mol. The van der Waals surface area contributed by atoms with Crippen LogP contribution in [0.25, 0.3) is 0 Å². The first kappa shape index (κ1) is 12.9. The fraction of sp³-hybridized carbons (Fsp3) is 0.0714. The van der Waals surface area contributed by atoms with Gasteiger partial charge in [0.2, 0.25) is 0 Å². The second-order valence-corrected chi connectivity index (χ2v) is 4.13. The van der Waals surface area contributed by atoms with E-state index in [9.17, 15) is 9.18 Å². The Bertz CT molecular complexity index is 641. The zero-order valence-electron chi connectivity index (χ0n) is 10.3. The number of hydrogen-bond acceptors (Lipinski definition) is 3. The zero-order valence-corrected chi connectivity index (χ0v) is 10.3. The van der Waals surface area contributed by atoms with E-state index < -0.39 is 11.7 Å². The van der Waals surface area contributed by atoms with Crippen LogP contribution in [0.4, 0.5) is 10.1 Å². The van der Waals surface area contributed by atoms with Gasteiger partial charge >= 0.3 is 0 Å². The molecule has 4 N–H and O–H groups in total. The third-order valence-electron chi connectivity index (χ3n) is 2.64. The van der Waals surface area contributed by atoms with Crippen LogP contribution in [0.1, 0.15) is 15.9 Å². The lowest BCUT2D eigenvalue weighted by Crippen LogP contribution is -2.12. The number of rotatable bonds is 3. The molecule has 0 bridgehead atoms. The summed E-state index contributed by atoms with van der Waals surface area (Å²) in [5.41, 5.74) is 12.1. The van der Waals surface area contributed by atoms with Crippen LogP contribution >= 0.6 is 0 Å². The molecule has 0 aliphatic carbocycles. The van der Waals surface area contributed by atoms with Crippen molar-refractivity contribution in [3.63, 3.8) is 0 Å². The van der Waals surface area contributed by atoms with Gasteiger partial charge in [-0.25, -0.2) is 4.39 Å². The second kappa shape index (κ2) is 4.97. The van der Waals surface area contributed by atoms with Crippen molar-refractivity contribution in [1.82, 2.24) is 0 Å². The van der Waals surface area contributed by atoms with Crippen LogP contribution in [0, 0.1) is 12.7 Å². The highest BCUT2D eigenvalue weighted by atomic mass is 19.1. The number of halogens is 1. The molecule has 2 aromatic rings. The highest BCUT2D eigenvalue weighted by Crippen LogP contribution is 2.29. The van der Waals surface area contributed by atoms with Gasteiger partial charge < -0.3 is 16.2 Å². The first-order valence-corrected chi connectivity index (χ1v) is 5.60. The maximum absolute atomic E-state index is 13.2. The Morgan fingerprint density at radius 1 is 1.16 bits per heavy atom. The van der Waals surface area contributed by atoms with Crippen molar-refractivity contribution in [3.8, 4) is 11.5 Å². The Labute approximate surface area is 109 Å². The maximum atomic E-state index is 13.2. The average Bonchev–Trinajstić information content (AvgIpc) is 2.35. The second-order valence-electron chi connectivity index (χ2n) is 4.13. The Kier molecular flexibility index (Phi) is 3.37. The normalized spacial score (nSPS) is 10.2. The minimum atomic E-state index is -0.656. The topological polar surface area (TPSA) is 78.3 Å². The zero-order chi connectivity index (χ0) is 14.0. The number of anilines is 1. The number of benzene rings is 2. The van der Waals surface area contributed by atoms with Crippen LogP contribution in [0.3, 0.4) is 0 Å². The smallest absolute Gasteiger partial charge is 0.252 e. The molecule has 0 fully saturated rings.